The highest BCUT2D eigenvalue weighted by Gasteiger charge is 2.31. The SMILES string of the molecule is CC(C)(N)C(=O)N[C@H](COCc1ccccc1)C(=O)Nc1cn(C(C(=O)N2CCSCC2)c2ccccc2)cn1.Cl.Cl.Cl. The molecule has 2 heterocycles. The maximum atomic E-state index is 13.6. The number of rotatable bonds is 11. The van der Waals surface area contributed by atoms with E-state index < -0.39 is 29.4 Å². The van der Waals surface area contributed by atoms with Crippen LogP contribution < -0.4 is 16.4 Å². The molecule has 1 aromatic heterocycles. The van der Waals surface area contributed by atoms with Crippen LogP contribution in [0.2, 0.25) is 0 Å². The first kappa shape index (κ1) is 38.2. The second kappa shape index (κ2) is 18.1. The number of nitrogens with zero attached hydrogens (tertiary/aromatic N) is 3. The van der Waals surface area contributed by atoms with Gasteiger partial charge < -0.3 is 30.6 Å². The van der Waals surface area contributed by atoms with Crippen LogP contribution in [-0.2, 0) is 25.7 Å². The first-order valence-corrected chi connectivity index (χ1v) is 14.3. The largest absolute Gasteiger partial charge is 0.374 e. The van der Waals surface area contributed by atoms with Crippen LogP contribution in [0.25, 0.3) is 0 Å². The number of amides is 3. The molecule has 3 amide bonds. The molecule has 43 heavy (non-hydrogen) atoms. The Balaban J connectivity index is 0.00000308. The number of imidazole rings is 1. The van der Waals surface area contributed by atoms with Crippen LogP contribution in [0.3, 0.4) is 0 Å². The quantitative estimate of drug-likeness (QED) is 0.283. The number of thioether (sulfide) groups is 1. The average Bonchev–Trinajstić information content (AvgIpc) is 3.41. The lowest BCUT2D eigenvalue weighted by Gasteiger charge is -2.30. The van der Waals surface area contributed by atoms with Crippen LogP contribution in [0.4, 0.5) is 5.82 Å². The van der Waals surface area contributed by atoms with Gasteiger partial charge in [-0.15, -0.1) is 37.2 Å². The van der Waals surface area contributed by atoms with Crippen molar-refractivity contribution in [1.82, 2.24) is 19.8 Å². The lowest BCUT2D eigenvalue weighted by atomic mass is 10.1. The number of nitrogens with one attached hydrogen (secondary N) is 2. The Labute approximate surface area is 275 Å². The van der Waals surface area contributed by atoms with E-state index >= 15 is 0 Å². The van der Waals surface area contributed by atoms with E-state index in [1.807, 2.05) is 77.3 Å². The maximum Gasteiger partial charge on any atom is 0.250 e. The maximum absolute atomic E-state index is 13.6. The van der Waals surface area contributed by atoms with Gasteiger partial charge in [-0.1, -0.05) is 60.7 Å². The molecule has 1 aliphatic rings. The normalized spacial score (nSPS) is 14.2. The number of ether oxygens (including phenoxy) is 1. The van der Waals surface area contributed by atoms with E-state index in [0.717, 1.165) is 22.6 Å². The van der Waals surface area contributed by atoms with E-state index in [2.05, 4.69) is 15.6 Å². The monoisotopic (exact) mass is 672 g/mol. The number of nitrogens with two attached hydrogens (primary N) is 1. The van der Waals surface area contributed by atoms with Gasteiger partial charge in [0.15, 0.2) is 5.82 Å². The third-order valence-electron chi connectivity index (χ3n) is 6.43. The zero-order valence-electron chi connectivity index (χ0n) is 24.0. The molecule has 1 aliphatic heterocycles. The van der Waals surface area contributed by atoms with E-state index in [4.69, 9.17) is 10.5 Å². The second-order valence-electron chi connectivity index (χ2n) is 10.2. The fourth-order valence-corrected chi connectivity index (χ4v) is 5.09. The van der Waals surface area contributed by atoms with Crippen LogP contribution >= 0.6 is 49.0 Å². The molecule has 4 rings (SSSR count). The van der Waals surface area contributed by atoms with Gasteiger partial charge in [0.05, 0.1) is 25.1 Å². The van der Waals surface area contributed by atoms with E-state index in [0.29, 0.717) is 13.1 Å². The van der Waals surface area contributed by atoms with Crippen LogP contribution in [-0.4, -0.2) is 75.0 Å². The van der Waals surface area contributed by atoms with Gasteiger partial charge in [0.2, 0.25) is 11.8 Å². The zero-order valence-corrected chi connectivity index (χ0v) is 27.3. The molecule has 0 bridgehead atoms. The van der Waals surface area contributed by atoms with Gasteiger partial charge in [0, 0.05) is 30.8 Å². The predicted octanol–water partition coefficient (Wildman–Crippen LogP) is 3.69. The molecule has 236 valence electrons. The van der Waals surface area contributed by atoms with Gasteiger partial charge in [0.1, 0.15) is 12.1 Å². The summed E-state index contributed by atoms with van der Waals surface area (Å²) in [6.45, 7) is 4.70. The second-order valence-corrected chi connectivity index (χ2v) is 11.4. The number of anilines is 1. The van der Waals surface area contributed by atoms with Crippen molar-refractivity contribution in [3.05, 3.63) is 84.3 Å². The van der Waals surface area contributed by atoms with Gasteiger partial charge >= 0.3 is 0 Å². The Morgan fingerprint density at radius 1 is 1.00 bits per heavy atom. The minimum atomic E-state index is -1.18. The van der Waals surface area contributed by atoms with Gasteiger partial charge in [0.25, 0.3) is 5.91 Å². The summed E-state index contributed by atoms with van der Waals surface area (Å²) in [6, 6.07) is 17.4. The van der Waals surface area contributed by atoms with Gasteiger partial charge in [-0.3, -0.25) is 14.4 Å². The summed E-state index contributed by atoms with van der Waals surface area (Å²) in [4.78, 5) is 45.7. The highest BCUT2D eigenvalue weighted by atomic mass is 35.5. The Kier molecular flexibility index (Phi) is 16.1. The molecule has 10 nitrogen and oxygen atoms in total. The van der Waals surface area contributed by atoms with Gasteiger partial charge in [-0.05, 0) is 25.0 Å². The van der Waals surface area contributed by atoms with E-state index in [9.17, 15) is 14.4 Å². The number of hydrogen-bond donors (Lipinski definition) is 3. The average molecular weight is 674 g/mol. The Morgan fingerprint density at radius 2 is 1.60 bits per heavy atom. The van der Waals surface area contributed by atoms with Crippen LogP contribution in [0.15, 0.2) is 73.2 Å². The Morgan fingerprint density at radius 3 is 2.21 bits per heavy atom. The highest BCUT2D eigenvalue weighted by Crippen LogP contribution is 2.24. The summed E-state index contributed by atoms with van der Waals surface area (Å²) in [7, 11) is 0. The number of halogens is 3. The number of hydrogen-bond acceptors (Lipinski definition) is 7. The fraction of sp³-hybridized carbons (Fsp3) is 0.379. The number of carbonyl (C=O) groups is 3. The molecular weight excluding hydrogens is 635 g/mol. The number of benzene rings is 2. The van der Waals surface area contributed by atoms with E-state index in [-0.39, 0.29) is 62.2 Å². The van der Waals surface area contributed by atoms with Crippen molar-refractivity contribution in [3.63, 3.8) is 0 Å². The third kappa shape index (κ3) is 11.0. The van der Waals surface area contributed by atoms with Crippen molar-refractivity contribution in [1.29, 1.82) is 0 Å². The summed E-state index contributed by atoms with van der Waals surface area (Å²) < 4.78 is 7.47. The van der Waals surface area contributed by atoms with Crippen molar-refractivity contribution < 1.29 is 19.1 Å². The minimum Gasteiger partial charge on any atom is -0.374 e. The topological polar surface area (TPSA) is 132 Å². The van der Waals surface area contributed by atoms with E-state index in [1.165, 1.54) is 6.33 Å². The predicted molar refractivity (Wildman–Crippen MR) is 177 cm³/mol. The van der Waals surface area contributed by atoms with Crippen molar-refractivity contribution >= 4 is 72.5 Å². The fourth-order valence-electron chi connectivity index (χ4n) is 4.19. The smallest absolute Gasteiger partial charge is 0.250 e. The Hall–Kier alpha value is -2.80. The lowest BCUT2D eigenvalue weighted by molar-refractivity contribution is -0.133. The molecule has 4 N–H and O–H groups in total. The van der Waals surface area contributed by atoms with Crippen molar-refractivity contribution in [2.24, 2.45) is 5.73 Å². The first-order valence-electron chi connectivity index (χ1n) is 13.2. The van der Waals surface area contributed by atoms with Crippen LogP contribution in [0.5, 0.6) is 0 Å². The third-order valence-corrected chi connectivity index (χ3v) is 7.37. The molecule has 3 aromatic rings. The zero-order chi connectivity index (χ0) is 28.5. The summed E-state index contributed by atoms with van der Waals surface area (Å²) in [5, 5.41) is 5.44. The molecule has 14 heteroatoms. The van der Waals surface area contributed by atoms with Gasteiger partial charge in [-0.2, -0.15) is 11.8 Å². The summed E-state index contributed by atoms with van der Waals surface area (Å²) in [6.07, 6.45) is 3.16. The van der Waals surface area contributed by atoms with Crippen molar-refractivity contribution in [2.45, 2.75) is 38.1 Å². The number of carbonyl (C=O) groups excluding carboxylic acids is 3. The lowest BCUT2D eigenvalue weighted by Crippen LogP contribution is -2.56. The standard InChI is InChI=1S/C29H36N6O4S.3ClH/c1-29(2,30)28(38)32-23(19-39-18-21-9-5-3-6-10-21)26(36)33-24-17-35(20-31-24)25(22-11-7-4-8-12-22)27(37)34-13-15-40-16-14-34;;;/h3-12,17,20,23,25H,13-16,18-19,30H2,1-2H3,(H,32,38)(H,33,36);3*1H/t23-,25?;;;/m1.../s1. The molecule has 0 radical (unpaired) electrons. The first-order chi connectivity index (χ1) is 19.2. The molecule has 1 saturated heterocycles. The molecule has 1 unspecified atom stereocenters. The summed E-state index contributed by atoms with van der Waals surface area (Å²) in [5.41, 5.74) is 6.52. The van der Waals surface area contributed by atoms with Crippen LogP contribution in [0, 0.1) is 0 Å². The Bertz CT molecular complexity index is 1290. The van der Waals surface area contributed by atoms with Crippen molar-refractivity contribution in [2.75, 3.05) is 36.5 Å². The minimum absolute atomic E-state index is 0. The summed E-state index contributed by atoms with van der Waals surface area (Å²) in [5.74, 6) is 1.03. The van der Waals surface area contributed by atoms with Gasteiger partial charge in [-0.25, -0.2) is 4.98 Å². The highest BCUT2D eigenvalue weighted by molar-refractivity contribution is 7.99. The molecule has 2 aromatic carbocycles. The molecule has 0 aliphatic carbocycles. The molecule has 0 saturated carbocycles. The molecule has 0 spiro atoms. The molecular formula is C29H39Cl3N6O4S. The van der Waals surface area contributed by atoms with Crippen molar-refractivity contribution in [3.8, 4) is 0 Å². The molecule has 1 fully saturated rings. The van der Waals surface area contributed by atoms with Crippen LogP contribution in [0.1, 0.15) is 31.0 Å². The molecule has 2 atom stereocenters. The number of aromatic nitrogens is 2. The summed E-state index contributed by atoms with van der Waals surface area (Å²) >= 11 is 1.83. The van der Waals surface area contributed by atoms with E-state index in [1.54, 1.807) is 24.6 Å².